The molecule has 0 saturated carbocycles. The van der Waals surface area contributed by atoms with Crippen LogP contribution in [0.2, 0.25) is 0 Å². The molecular formula is C22H17NO2. The Kier molecular flexibility index (Phi) is 3.22. The van der Waals surface area contributed by atoms with E-state index in [0.29, 0.717) is 6.54 Å². The molecule has 2 atom stereocenters. The van der Waals surface area contributed by atoms with Crippen LogP contribution in [0.1, 0.15) is 44.9 Å². The van der Waals surface area contributed by atoms with Crippen LogP contribution in [0.15, 0.2) is 78.9 Å². The molecule has 122 valence electrons. The van der Waals surface area contributed by atoms with Gasteiger partial charge in [-0.05, 0) is 22.8 Å². The fourth-order valence-corrected chi connectivity index (χ4v) is 3.84. The molecule has 3 heteroatoms. The van der Waals surface area contributed by atoms with Crippen LogP contribution in [0.5, 0.6) is 0 Å². The lowest BCUT2D eigenvalue weighted by Gasteiger charge is -2.25. The summed E-state index contributed by atoms with van der Waals surface area (Å²) < 4.78 is 6.55. The van der Waals surface area contributed by atoms with E-state index in [-0.39, 0.29) is 18.2 Å². The highest BCUT2D eigenvalue weighted by Gasteiger charge is 2.41. The number of benzene rings is 3. The van der Waals surface area contributed by atoms with Crippen molar-refractivity contribution in [3.63, 3.8) is 0 Å². The molecule has 0 aromatic heterocycles. The molecule has 25 heavy (non-hydrogen) atoms. The summed E-state index contributed by atoms with van der Waals surface area (Å²) in [6.07, 6.45) is -0.535. The van der Waals surface area contributed by atoms with Crippen molar-refractivity contribution in [3.05, 3.63) is 107 Å². The number of fused-ring (bicyclic) bond motifs is 4. The maximum atomic E-state index is 12.9. The summed E-state index contributed by atoms with van der Waals surface area (Å²) in [6.45, 7) is 0.567. The van der Waals surface area contributed by atoms with Gasteiger partial charge in [-0.15, -0.1) is 0 Å². The monoisotopic (exact) mass is 327 g/mol. The van der Waals surface area contributed by atoms with Gasteiger partial charge in [0.25, 0.3) is 5.91 Å². The molecule has 0 spiro atoms. The number of nitrogens with zero attached hydrogens (tertiary/aromatic N) is 1. The van der Waals surface area contributed by atoms with E-state index < -0.39 is 0 Å². The molecule has 0 N–H and O–H groups in total. The van der Waals surface area contributed by atoms with Gasteiger partial charge in [0, 0.05) is 17.7 Å². The van der Waals surface area contributed by atoms with Crippen LogP contribution in [0.4, 0.5) is 0 Å². The highest BCUT2D eigenvalue weighted by Crippen LogP contribution is 2.44. The van der Waals surface area contributed by atoms with Crippen molar-refractivity contribution in [2.75, 3.05) is 0 Å². The van der Waals surface area contributed by atoms with Gasteiger partial charge in [-0.3, -0.25) is 4.79 Å². The van der Waals surface area contributed by atoms with E-state index in [1.165, 1.54) is 0 Å². The van der Waals surface area contributed by atoms with Crippen LogP contribution in [0, 0.1) is 0 Å². The minimum absolute atomic E-state index is 0.0455. The Morgan fingerprint density at radius 3 is 2.32 bits per heavy atom. The van der Waals surface area contributed by atoms with Crippen LogP contribution in [-0.4, -0.2) is 10.8 Å². The smallest absolute Gasteiger partial charge is 0.256 e. The number of carbonyl (C=O) groups excluding carboxylic acids is 1. The van der Waals surface area contributed by atoms with E-state index in [0.717, 1.165) is 27.8 Å². The highest BCUT2D eigenvalue weighted by molar-refractivity contribution is 5.99. The summed E-state index contributed by atoms with van der Waals surface area (Å²) in [5, 5.41) is 0. The van der Waals surface area contributed by atoms with Gasteiger partial charge >= 0.3 is 0 Å². The normalized spacial score (nSPS) is 21.3. The number of rotatable bonds is 1. The summed E-state index contributed by atoms with van der Waals surface area (Å²) in [7, 11) is 0. The number of amides is 1. The van der Waals surface area contributed by atoms with E-state index in [1.54, 1.807) is 0 Å². The Hall–Kier alpha value is -2.91. The minimum atomic E-state index is -0.346. The zero-order valence-corrected chi connectivity index (χ0v) is 13.6. The lowest BCUT2D eigenvalue weighted by molar-refractivity contribution is -0.0644. The number of hydrogen-bond donors (Lipinski definition) is 0. The average Bonchev–Trinajstić information content (AvgIpc) is 2.83. The fraction of sp³-hybridized carbons (Fsp3) is 0.136. The molecule has 3 nitrogen and oxygen atoms in total. The molecule has 0 aliphatic carbocycles. The van der Waals surface area contributed by atoms with Crippen LogP contribution in [0.3, 0.4) is 0 Å². The van der Waals surface area contributed by atoms with E-state index in [4.69, 9.17) is 4.74 Å². The number of carbonyl (C=O) groups is 1. The molecule has 0 radical (unpaired) electrons. The summed E-state index contributed by atoms with van der Waals surface area (Å²) in [4.78, 5) is 14.7. The first-order valence-corrected chi connectivity index (χ1v) is 8.51. The van der Waals surface area contributed by atoms with Gasteiger partial charge in [0.05, 0.1) is 0 Å². The largest absolute Gasteiger partial charge is 0.341 e. The van der Waals surface area contributed by atoms with Gasteiger partial charge in [0.1, 0.15) is 6.10 Å². The molecule has 3 aromatic rings. The van der Waals surface area contributed by atoms with Crippen molar-refractivity contribution in [3.8, 4) is 0 Å². The Morgan fingerprint density at radius 1 is 0.800 bits per heavy atom. The first kappa shape index (κ1) is 14.4. The molecule has 5 rings (SSSR count). The summed E-state index contributed by atoms with van der Waals surface area (Å²) >= 11 is 0. The molecule has 1 amide bonds. The maximum absolute atomic E-state index is 12.9. The summed E-state index contributed by atoms with van der Waals surface area (Å²) in [6, 6.07) is 26.2. The quantitative estimate of drug-likeness (QED) is 0.660. The number of ether oxygens (including phenoxy) is 1. The summed E-state index contributed by atoms with van der Waals surface area (Å²) in [5.41, 5.74) is 5.09. The lowest BCUT2D eigenvalue weighted by Crippen LogP contribution is -2.27. The van der Waals surface area contributed by atoms with Crippen LogP contribution in [0.25, 0.3) is 0 Å². The minimum Gasteiger partial charge on any atom is -0.341 e. The second-order valence-electron chi connectivity index (χ2n) is 6.50. The van der Waals surface area contributed by atoms with E-state index in [9.17, 15) is 4.79 Å². The molecule has 0 bridgehead atoms. The Labute approximate surface area is 146 Å². The molecule has 3 aromatic carbocycles. The second-order valence-corrected chi connectivity index (χ2v) is 6.50. The Morgan fingerprint density at radius 2 is 1.48 bits per heavy atom. The van der Waals surface area contributed by atoms with Gasteiger partial charge in [-0.1, -0.05) is 72.8 Å². The third kappa shape index (κ3) is 2.20. The standard InChI is InChI=1S/C22H17NO2/c24-21-18-12-6-7-13-19(18)22-23(21)14-16-10-4-5-11-17(16)20(25-22)15-8-2-1-3-9-15/h1-13,20,22H,14H2. The van der Waals surface area contributed by atoms with Crippen molar-refractivity contribution >= 4 is 5.91 Å². The molecule has 2 heterocycles. The third-order valence-corrected chi connectivity index (χ3v) is 5.05. The fourth-order valence-electron chi connectivity index (χ4n) is 3.84. The van der Waals surface area contributed by atoms with E-state index >= 15 is 0 Å². The highest BCUT2D eigenvalue weighted by atomic mass is 16.5. The molecule has 0 fully saturated rings. The predicted octanol–water partition coefficient (Wildman–Crippen LogP) is 4.46. The topological polar surface area (TPSA) is 29.5 Å². The first-order chi connectivity index (χ1) is 12.3. The van der Waals surface area contributed by atoms with Gasteiger partial charge in [0.2, 0.25) is 0 Å². The maximum Gasteiger partial charge on any atom is 0.256 e. The van der Waals surface area contributed by atoms with Crippen LogP contribution >= 0.6 is 0 Å². The van der Waals surface area contributed by atoms with Crippen molar-refractivity contribution < 1.29 is 9.53 Å². The van der Waals surface area contributed by atoms with Gasteiger partial charge in [-0.2, -0.15) is 0 Å². The molecular weight excluding hydrogens is 310 g/mol. The lowest BCUT2D eigenvalue weighted by atomic mass is 9.96. The Balaban J connectivity index is 1.68. The van der Waals surface area contributed by atoms with Crippen molar-refractivity contribution in [2.45, 2.75) is 18.9 Å². The molecule has 2 aliphatic heterocycles. The van der Waals surface area contributed by atoms with Crippen molar-refractivity contribution in [1.82, 2.24) is 4.90 Å². The van der Waals surface area contributed by atoms with Crippen molar-refractivity contribution in [1.29, 1.82) is 0 Å². The van der Waals surface area contributed by atoms with E-state index in [2.05, 4.69) is 24.3 Å². The van der Waals surface area contributed by atoms with Gasteiger partial charge in [-0.25, -0.2) is 0 Å². The zero-order valence-electron chi connectivity index (χ0n) is 13.6. The van der Waals surface area contributed by atoms with Gasteiger partial charge in [0.15, 0.2) is 6.23 Å². The second kappa shape index (κ2) is 5.57. The van der Waals surface area contributed by atoms with Crippen LogP contribution in [-0.2, 0) is 11.3 Å². The zero-order chi connectivity index (χ0) is 16.8. The average molecular weight is 327 g/mol. The third-order valence-electron chi connectivity index (χ3n) is 5.05. The summed E-state index contributed by atoms with van der Waals surface area (Å²) in [5.74, 6) is 0.0455. The predicted molar refractivity (Wildman–Crippen MR) is 94.9 cm³/mol. The van der Waals surface area contributed by atoms with Gasteiger partial charge < -0.3 is 9.64 Å². The first-order valence-electron chi connectivity index (χ1n) is 8.51. The number of hydrogen-bond acceptors (Lipinski definition) is 2. The molecule has 2 aliphatic rings. The Bertz CT molecular complexity index is 951. The van der Waals surface area contributed by atoms with Crippen LogP contribution < -0.4 is 0 Å². The SMILES string of the molecule is O=C1c2ccccc2C2OC(c3ccccc3)c3ccccc3CN12. The molecule has 2 unspecified atom stereocenters. The molecule has 0 saturated heterocycles. The van der Waals surface area contributed by atoms with E-state index in [1.807, 2.05) is 59.5 Å². The van der Waals surface area contributed by atoms with Crippen molar-refractivity contribution in [2.24, 2.45) is 0 Å².